The van der Waals surface area contributed by atoms with Gasteiger partial charge >= 0.3 is 0 Å². The normalized spacial score (nSPS) is 18.5. The molecule has 0 radical (unpaired) electrons. The molecule has 0 aromatic heterocycles. The molecule has 2 atom stereocenters. The van der Waals surface area contributed by atoms with Crippen LogP contribution < -0.4 is 14.9 Å². The van der Waals surface area contributed by atoms with Gasteiger partial charge in [0.2, 0.25) is 10.0 Å². The Morgan fingerprint density at radius 1 is 1.03 bits per heavy atom. The summed E-state index contributed by atoms with van der Waals surface area (Å²) in [6, 6.07) is 17.7. The third-order valence-electron chi connectivity index (χ3n) is 7.09. The average Bonchev–Trinajstić information content (AvgIpc) is 3.19. The van der Waals surface area contributed by atoms with Crippen molar-refractivity contribution >= 4 is 27.1 Å². The van der Waals surface area contributed by atoms with Crippen molar-refractivity contribution in [1.29, 1.82) is 0 Å². The molecule has 5 rings (SSSR count). The van der Waals surface area contributed by atoms with E-state index in [1.807, 2.05) is 30.3 Å². The van der Waals surface area contributed by atoms with E-state index < -0.39 is 10.0 Å². The predicted molar refractivity (Wildman–Crippen MR) is 138 cm³/mol. The summed E-state index contributed by atoms with van der Waals surface area (Å²) in [7, 11) is -3.33. The van der Waals surface area contributed by atoms with Crippen molar-refractivity contribution in [2.75, 3.05) is 34.3 Å². The first-order valence-electron chi connectivity index (χ1n) is 11.8. The summed E-state index contributed by atoms with van der Waals surface area (Å²) in [5.74, 6) is -0.00999. The van der Waals surface area contributed by atoms with E-state index in [0.29, 0.717) is 16.9 Å². The highest BCUT2D eigenvalue weighted by molar-refractivity contribution is 7.92. The molecule has 1 aliphatic heterocycles. The highest BCUT2D eigenvalue weighted by atomic mass is 32.2. The van der Waals surface area contributed by atoms with Gasteiger partial charge in [0.1, 0.15) is 0 Å². The van der Waals surface area contributed by atoms with Crippen molar-refractivity contribution in [2.24, 2.45) is 0 Å². The van der Waals surface area contributed by atoms with Crippen molar-refractivity contribution in [2.45, 2.75) is 38.6 Å². The molecule has 1 aliphatic carbocycles. The number of nitrogens with one attached hydrogen (secondary N) is 2. The molecule has 0 spiro atoms. The summed E-state index contributed by atoms with van der Waals surface area (Å²) < 4.78 is 41.5. The smallest absolute Gasteiger partial charge is 0.229 e. The van der Waals surface area contributed by atoms with Gasteiger partial charge in [0.15, 0.2) is 5.82 Å². The van der Waals surface area contributed by atoms with Gasteiger partial charge < -0.3 is 10.2 Å². The molecule has 178 valence electrons. The van der Waals surface area contributed by atoms with Crippen molar-refractivity contribution in [3.05, 3.63) is 77.1 Å². The van der Waals surface area contributed by atoms with Crippen LogP contribution in [0.3, 0.4) is 0 Å². The lowest BCUT2D eigenvalue weighted by atomic mass is 9.78. The van der Waals surface area contributed by atoms with E-state index in [1.54, 1.807) is 6.07 Å². The van der Waals surface area contributed by atoms with E-state index in [1.165, 1.54) is 0 Å². The van der Waals surface area contributed by atoms with Gasteiger partial charge in [-0.3, -0.25) is 4.72 Å². The van der Waals surface area contributed by atoms with Gasteiger partial charge in [-0.15, -0.1) is 0 Å². The van der Waals surface area contributed by atoms with Crippen molar-refractivity contribution < 1.29 is 12.8 Å². The molecule has 1 heterocycles. The van der Waals surface area contributed by atoms with E-state index in [-0.39, 0.29) is 17.8 Å². The van der Waals surface area contributed by atoms with E-state index in [2.05, 4.69) is 47.0 Å². The second-order valence-electron chi connectivity index (χ2n) is 9.17. The van der Waals surface area contributed by atoms with Crippen LogP contribution >= 0.6 is 0 Å². The summed E-state index contributed by atoms with van der Waals surface area (Å²) in [5.41, 5.74) is 6.99. The molecule has 2 unspecified atom stereocenters. The molecular formula is C27H30FN3O2S. The molecule has 2 N–H and O–H groups in total. The van der Waals surface area contributed by atoms with Crippen LogP contribution in [0, 0.1) is 5.82 Å². The van der Waals surface area contributed by atoms with Gasteiger partial charge in [-0.2, -0.15) is 0 Å². The van der Waals surface area contributed by atoms with Crippen molar-refractivity contribution in [3.8, 4) is 11.1 Å². The number of aryl methyl sites for hydroxylation is 1. The quantitative estimate of drug-likeness (QED) is 0.462. The number of anilines is 3. The van der Waals surface area contributed by atoms with Crippen LogP contribution in [0.2, 0.25) is 0 Å². The van der Waals surface area contributed by atoms with E-state index in [4.69, 9.17) is 0 Å². The molecule has 0 bridgehead atoms. The summed E-state index contributed by atoms with van der Waals surface area (Å²) in [6.45, 7) is 6.12. The number of fused-ring (bicyclic) bond motifs is 5. The van der Waals surface area contributed by atoms with Crippen LogP contribution in [0.25, 0.3) is 11.1 Å². The Balaban J connectivity index is 1.45. The highest BCUT2D eigenvalue weighted by Crippen LogP contribution is 2.52. The van der Waals surface area contributed by atoms with Gasteiger partial charge in [-0.05, 0) is 73.2 Å². The standard InChI is InChI=1S/C27H30FN3O2S/c1-4-31(5-2)20-10-6-17(7-11-20)21-14-15-24-23-12-8-18-16-19(30-34(3,32)33)9-13-22(18)26(23)29-27(24)25(21)28/h6-7,9-11,13-16,23,26,29-30H,4-5,8,12H2,1-3H3. The first-order valence-corrected chi connectivity index (χ1v) is 13.7. The van der Waals surface area contributed by atoms with Crippen molar-refractivity contribution in [3.63, 3.8) is 0 Å². The number of hydrogen-bond donors (Lipinski definition) is 2. The molecule has 3 aromatic rings. The summed E-state index contributed by atoms with van der Waals surface area (Å²) in [4.78, 5) is 2.27. The largest absolute Gasteiger partial charge is 0.375 e. The number of hydrogen-bond acceptors (Lipinski definition) is 4. The fourth-order valence-electron chi connectivity index (χ4n) is 5.48. The van der Waals surface area contributed by atoms with Crippen LogP contribution in [0.15, 0.2) is 54.6 Å². The highest BCUT2D eigenvalue weighted by Gasteiger charge is 2.39. The van der Waals surface area contributed by atoms with E-state index >= 15 is 4.39 Å². The molecule has 2 aliphatic rings. The molecule has 0 fully saturated rings. The molecule has 0 saturated carbocycles. The molecule has 5 nitrogen and oxygen atoms in total. The first kappa shape index (κ1) is 22.7. The first-order chi connectivity index (χ1) is 16.3. The molecule has 0 amide bonds. The second-order valence-corrected chi connectivity index (χ2v) is 10.9. The maximum absolute atomic E-state index is 15.8. The van der Waals surface area contributed by atoms with Crippen LogP contribution in [0.5, 0.6) is 0 Å². The van der Waals surface area contributed by atoms with Crippen LogP contribution in [0.1, 0.15) is 48.9 Å². The lowest BCUT2D eigenvalue weighted by molar-refractivity contribution is 0.536. The summed E-state index contributed by atoms with van der Waals surface area (Å²) in [6.07, 6.45) is 2.86. The lowest BCUT2D eigenvalue weighted by Gasteiger charge is -2.29. The minimum absolute atomic E-state index is 0.0131. The second kappa shape index (κ2) is 8.62. The third kappa shape index (κ3) is 4.02. The average molecular weight is 480 g/mol. The minimum Gasteiger partial charge on any atom is -0.375 e. The van der Waals surface area contributed by atoms with Crippen molar-refractivity contribution in [1.82, 2.24) is 0 Å². The zero-order chi connectivity index (χ0) is 24.0. The van der Waals surface area contributed by atoms with Crippen LogP contribution in [0.4, 0.5) is 21.5 Å². The zero-order valence-corrected chi connectivity index (χ0v) is 20.5. The van der Waals surface area contributed by atoms with E-state index in [9.17, 15) is 8.42 Å². The van der Waals surface area contributed by atoms with Crippen LogP contribution in [-0.2, 0) is 16.4 Å². The Labute approximate surface area is 201 Å². The zero-order valence-electron chi connectivity index (χ0n) is 19.7. The molecule has 0 saturated heterocycles. The number of halogens is 1. The maximum Gasteiger partial charge on any atom is 0.229 e. The predicted octanol–water partition coefficient (Wildman–Crippen LogP) is 5.91. The molecule has 7 heteroatoms. The minimum atomic E-state index is -3.33. The molecular weight excluding hydrogens is 449 g/mol. The fourth-order valence-corrected chi connectivity index (χ4v) is 6.03. The summed E-state index contributed by atoms with van der Waals surface area (Å²) in [5, 5.41) is 3.46. The number of rotatable bonds is 6. The third-order valence-corrected chi connectivity index (χ3v) is 7.70. The number of benzene rings is 3. The SMILES string of the molecule is CCN(CC)c1ccc(-c2ccc3c(c2F)NC2c4ccc(NS(C)(=O)=O)cc4CCC32)cc1. The Morgan fingerprint density at radius 3 is 2.41 bits per heavy atom. The number of nitrogens with zero attached hydrogens (tertiary/aromatic N) is 1. The van der Waals surface area contributed by atoms with Gasteiger partial charge in [-0.25, -0.2) is 12.8 Å². The molecule has 3 aromatic carbocycles. The molecule has 34 heavy (non-hydrogen) atoms. The fraction of sp³-hybridized carbons (Fsp3) is 0.333. The summed E-state index contributed by atoms with van der Waals surface area (Å²) >= 11 is 0. The van der Waals surface area contributed by atoms with Gasteiger partial charge in [0.05, 0.1) is 18.0 Å². The Morgan fingerprint density at radius 2 is 1.74 bits per heavy atom. The Bertz CT molecular complexity index is 1330. The topological polar surface area (TPSA) is 61.4 Å². The lowest BCUT2D eigenvalue weighted by Crippen LogP contribution is -2.21. The number of sulfonamides is 1. The Kier molecular flexibility index (Phi) is 5.76. The monoisotopic (exact) mass is 479 g/mol. The van der Waals surface area contributed by atoms with E-state index in [0.717, 1.165) is 60.1 Å². The van der Waals surface area contributed by atoms with Gasteiger partial charge in [-0.1, -0.05) is 30.3 Å². The maximum atomic E-state index is 15.8. The van der Waals surface area contributed by atoms with Crippen LogP contribution in [-0.4, -0.2) is 27.8 Å². The Hall–Kier alpha value is -3.06. The van der Waals surface area contributed by atoms with Gasteiger partial charge in [0, 0.05) is 35.9 Å². The van der Waals surface area contributed by atoms with Gasteiger partial charge in [0.25, 0.3) is 0 Å².